The lowest BCUT2D eigenvalue weighted by molar-refractivity contribution is -0.120. The van der Waals surface area contributed by atoms with Gasteiger partial charge >= 0.3 is 0 Å². The predicted octanol–water partition coefficient (Wildman–Crippen LogP) is 3.26. The molecule has 0 aliphatic carbocycles. The fourth-order valence-electron chi connectivity index (χ4n) is 1.64. The molecular weight excluding hydrogens is 282 g/mol. The summed E-state index contributed by atoms with van der Waals surface area (Å²) >= 11 is 3.42. The number of carbonyl (C=O) groups excluding carboxylic acids is 1. The van der Waals surface area contributed by atoms with Gasteiger partial charge in [0.05, 0.1) is 0 Å². The second-order valence-electron chi connectivity index (χ2n) is 3.85. The molecule has 3 nitrogen and oxygen atoms in total. The molecule has 1 amide bonds. The largest absolute Gasteiger partial charge is 0.461 e. The van der Waals surface area contributed by atoms with Gasteiger partial charge in [-0.1, -0.05) is 22.9 Å². The van der Waals surface area contributed by atoms with E-state index in [0.29, 0.717) is 13.0 Å². The molecule has 90 valence electrons. The molecular formula is C13H14BrNO2. The van der Waals surface area contributed by atoms with Crippen molar-refractivity contribution in [3.63, 3.8) is 0 Å². The lowest BCUT2D eigenvalue weighted by Crippen LogP contribution is -2.24. The standard InChI is InChI=1S/C13H14BrNO2/c1-2-13(16)15-6-5-11-8-9-7-10(14)3-4-12(9)17-11/h3-4,7-8H,2,5-6H2,1H3,(H,15,16). The van der Waals surface area contributed by atoms with E-state index in [1.807, 2.05) is 31.2 Å². The van der Waals surface area contributed by atoms with Gasteiger partial charge in [0.25, 0.3) is 0 Å². The number of hydrogen-bond donors (Lipinski definition) is 1. The molecule has 1 aromatic heterocycles. The van der Waals surface area contributed by atoms with E-state index in [9.17, 15) is 4.79 Å². The number of carbonyl (C=O) groups is 1. The number of nitrogens with one attached hydrogen (secondary N) is 1. The SMILES string of the molecule is CCC(=O)NCCc1cc2cc(Br)ccc2o1. The third-order valence-electron chi connectivity index (χ3n) is 2.54. The lowest BCUT2D eigenvalue weighted by Gasteiger charge is -2.00. The fourth-order valence-corrected chi connectivity index (χ4v) is 2.02. The molecule has 2 rings (SSSR count). The highest BCUT2D eigenvalue weighted by Gasteiger charge is 2.04. The van der Waals surface area contributed by atoms with Crippen molar-refractivity contribution in [2.75, 3.05) is 6.54 Å². The minimum atomic E-state index is 0.0730. The van der Waals surface area contributed by atoms with E-state index in [0.717, 1.165) is 27.6 Å². The Morgan fingerprint density at radius 1 is 1.41 bits per heavy atom. The summed E-state index contributed by atoms with van der Waals surface area (Å²) in [7, 11) is 0. The molecule has 2 aromatic rings. The average molecular weight is 296 g/mol. The number of halogens is 1. The summed E-state index contributed by atoms with van der Waals surface area (Å²) in [5, 5.41) is 3.91. The summed E-state index contributed by atoms with van der Waals surface area (Å²) in [5.41, 5.74) is 0.880. The Labute approximate surface area is 108 Å². The Balaban J connectivity index is 2.02. The number of fused-ring (bicyclic) bond motifs is 1. The van der Waals surface area contributed by atoms with Crippen LogP contribution in [0.5, 0.6) is 0 Å². The minimum Gasteiger partial charge on any atom is -0.461 e. The van der Waals surface area contributed by atoms with Gasteiger partial charge in [-0.3, -0.25) is 4.79 Å². The van der Waals surface area contributed by atoms with Crippen LogP contribution in [0.2, 0.25) is 0 Å². The number of benzene rings is 1. The van der Waals surface area contributed by atoms with E-state index in [1.165, 1.54) is 0 Å². The summed E-state index contributed by atoms with van der Waals surface area (Å²) in [6.07, 6.45) is 1.24. The Hall–Kier alpha value is -1.29. The van der Waals surface area contributed by atoms with Crippen LogP contribution in [0, 0.1) is 0 Å². The quantitative estimate of drug-likeness (QED) is 0.941. The van der Waals surface area contributed by atoms with Crippen LogP contribution in [0.25, 0.3) is 11.0 Å². The molecule has 0 fully saturated rings. The highest BCUT2D eigenvalue weighted by Crippen LogP contribution is 2.23. The number of rotatable bonds is 4. The number of hydrogen-bond acceptors (Lipinski definition) is 2. The molecule has 1 heterocycles. The molecule has 17 heavy (non-hydrogen) atoms. The summed E-state index contributed by atoms with van der Waals surface area (Å²) in [4.78, 5) is 11.1. The first-order valence-electron chi connectivity index (χ1n) is 5.63. The summed E-state index contributed by atoms with van der Waals surface area (Å²) in [6, 6.07) is 7.92. The van der Waals surface area contributed by atoms with Crippen LogP contribution >= 0.6 is 15.9 Å². The van der Waals surface area contributed by atoms with Crippen LogP contribution in [0.4, 0.5) is 0 Å². The maximum absolute atomic E-state index is 11.1. The van der Waals surface area contributed by atoms with E-state index in [-0.39, 0.29) is 5.91 Å². The second-order valence-corrected chi connectivity index (χ2v) is 4.76. The van der Waals surface area contributed by atoms with E-state index in [2.05, 4.69) is 21.2 Å². The van der Waals surface area contributed by atoms with Gasteiger partial charge in [0.15, 0.2) is 0 Å². The van der Waals surface area contributed by atoms with Crippen molar-refractivity contribution >= 4 is 32.8 Å². The summed E-state index contributed by atoms with van der Waals surface area (Å²) in [6.45, 7) is 2.46. The van der Waals surface area contributed by atoms with Crippen molar-refractivity contribution in [3.8, 4) is 0 Å². The molecule has 0 saturated carbocycles. The Morgan fingerprint density at radius 2 is 2.24 bits per heavy atom. The molecule has 0 aliphatic rings. The van der Waals surface area contributed by atoms with E-state index >= 15 is 0 Å². The van der Waals surface area contributed by atoms with Crippen LogP contribution in [0.15, 0.2) is 33.2 Å². The van der Waals surface area contributed by atoms with Gasteiger partial charge in [0, 0.05) is 29.2 Å². The maximum Gasteiger partial charge on any atom is 0.219 e. The molecule has 1 aromatic carbocycles. The Morgan fingerprint density at radius 3 is 3.00 bits per heavy atom. The van der Waals surface area contributed by atoms with Crippen LogP contribution in [0.1, 0.15) is 19.1 Å². The predicted molar refractivity (Wildman–Crippen MR) is 70.9 cm³/mol. The van der Waals surface area contributed by atoms with Gasteiger partial charge in [-0.05, 0) is 24.3 Å². The zero-order valence-corrected chi connectivity index (χ0v) is 11.2. The third kappa shape index (κ3) is 3.09. The van der Waals surface area contributed by atoms with Gasteiger partial charge in [-0.15, -0.1) is 0 Å². The first kappa shape index (κ1) is 12.2. The molecule has 0 atom stereocenters. The zero-order chi connectivity index (χ0) is 12.3. The van der Waals surface area contributed by atoms with Crippen molar-refractivity contribution in [1.82, 2.24) is 5.32 Å². The Kier molecular flexibility index (Phi) is 3.84. The maximum atomic E-state index is 11.1. The molecule has 0 aliphatic heterocycles. The van der Waals surface area contributed by atoms with E-state index < -0.39 is 0 Å². The number of furan rings is 1. The van der Waals surface area contributed by atoms with Crippen molar-refractivity contribution < 1.29 is 9.21 Å². The molecule has 0 spiro atoms. The monoisotopic (exact) mass is 295 g/mol. The summed E-state index contributed by atoms with van der Waals surface area (Å²) < 4.78 is 6.70. The molecule has 0 bridgehead atoms. The molecule has 0 saturated heterocycles. The zero-order valence-electron chi connectivity index (χ0n) is 9.63. The van der Waals surface area contributed by atoms with Crippen LogP contribution < -0.4 is 5.32 Å². The average Bonchev–Trinajstić information content (AvgIpc) is 2.70. The smallest absolute Gasteiger partial charge is 0.219 e. The molecule has 0 radical (unpaired) electrons. The fraction of sp³-hybridized carbons (Fsp3) is 0.308. The van der Waals surface area contributed by atoms with Crippen molar-refractivity contribution in [3.05, 3.63) is 34.5 Å². The van der Waals surface area contributed by atoms with Gasteiger partial charge in [0.2, 0.25) is 5.91 Å². The third-order valence-corrected chi connectivity index (χ3v) is 3.04. The topological polar surface area (TPSA) is 42.2 Å². The van der Waals surface area contributed by atoms with Gasteiger partial charge < -0.3 is 9.73 Å². The lowest BCUT2D eigenvalue weighted by atomic mass is 10.2. The van der Waals surface area contributed by atoms with E-state index in [1.54, 1.807) is 0 Å². The van der Waals surface area contributed by atoms with Crippen LogP contribution in [-0.4, -0.2) is 12.5 Å². The molecule has 4 heteroatoms. The highest BCUT2D eigenvalue weighted by molar-refractivity contribution is 9.10. The van der Waals surface area contributed by atoms with Gasteiger partial charge in [-0.2, -0.15) is 0 Å². The van der Waals surface area contributed by atoms with E-state index in [4.69, 9.17) is 4.42 Å². The van der Waals surface area contributed by atoms with Crippen molar-refractivity contribution in [2.24, 2.45) is 0 Å². The number of amides is 1. The normalized spacial score (nSPS) is 10.7. The van der Waals surface area contributed by atoms with Crippen LogP contribution in [0.3, 0.4) is 0 Å². The van der Waals surface area contributed by atoms with Gasteiger partial charge in [-0.25, -0.2) is 0 Å². The van der Waals surface area contributed by atoms with Crippen LogP contribution in [-0.2, 0) is 11.2 Å². The minimum absolute atomic E-state index is 0.0730. The first-order chi connectivity index (χ1) is 8.19. The molecule has 0 unspecified atom stereocenters. The Bertz CT molecular complexity index is 533. The molecule has 1 N–H and O–H groups in total. The highest BCUT2D eigenvalue weighted by atomic mass is 79.9. The van der Waals surface area contributed by atoms with Gasteiger partial charge in [0.1, 0.15) is 11.3 Å². The first-order valence-corrected chi connectivity index (χ1v) is 6.43. The van der Waals surface area contributed by atoms with Crippen molar-refractivity contribution in [1.29, 1.82) is 0 Å². The summed E-state index contributed by atoms with van der Waals surface area (Å²) in [5.74, 6) is 0.971. The van der Waals surface area contributed by atoms with Crippen molar-refractivity contribution in [2.45, 2.75) is 19.8 Å². The second kappa shape index (κ2) is 5.36.